The molecule has 1 aromatic rings. The van der Waals surface area contributed by atoms with Crippen molar-refractivity contribution >= 4 is 11.6 Å². The number of hydrogen-bond acceptors (Lipinski definition) is 2. The van der Waals surface area contributed by atoms with Crippen molar-refractivity contribution in [2.24, 2.45) is 5.73 Å². The molecule has 12 heavy (non-hydrogen) atoms. The summed E-state index contributed by atoms with van der Waals surface area (Å²) in [4.78, 5) is 0. The SMILES string of the molecule is N#Cc1cc(F)cc(CN)c1Cl. The van der Waals surface area contributed by atoms with E-state index in [1.807, 2.05) is 0 Å². The Bertz CT molecular complexity index is 344. The second kappa shape index (κ2) is 3.53. The maximum atomic E-state index is 12.7. The number of nitrogens with zero attached hydrogens (tertiary/aromatic N) is 1. The maximum absolute atomic E-state index is 12.7. The van der Waals surface area contributed by atoms with E-state index in [0.29, 0.717) is 5.56 Å². The molecular formula is C8H6ClFN2. The highest BCUT2D eigenvalue weighted by Gasteiger charge is 2.06. The van der Waals surface area contributed by atoms with E-state index in [1.165, 1.54) is 6.07 Å². The summed E-state index contributed by atoms with van der Waals surface area (Å²) in [6, 6.07) is 4.09. The van der Waals surface area contributed by atoms with Crippen LogP contribution in [0.1, 0.15) is 11.1 Å². The molecule has 0 aliphatic carbocycles. The summed E-state index contributed by atoms with van der Waals surface area (Å²) in [6.45, 7) is 0.130. The number of nitriles is 1. The van der Waals surface area contributed by atoms with E-state index in [4.69, 9.17) is 22.6 Å². The molecule has 0 aliphatic rings. The van der Waals surface area contributed by atoms with Crippen LogP contribution in [0.4, 0.5) is 4.39 Å². The molecule has 2 nitrogen and oxygen atoms in total. The number of hydrogen-bond donors (Lipinski definition) is 1. The Morgan fingerprint density at radius 1 is 1.58 bits per heavy atom. The van der Waals surface area contributed by atoms with Gasteiger partial charge in [0.25, 0.3) is 0 Å². The van der Waals surface area contributed by atoms with Gasteiger partial charge in [0, 0.05) is 6.54 Å². The summed E-state index contributed by atoms with van der Waals surface area (Å²) in [6.07, 6.45) is 0. The molecule has 0 atom stereocenters. The molecule has 0 saturated carbocycles. The van der Waals surface area contributed by atoms with E-state index in [-0.39, 0.29) is 17.1 Å². The van der Waals surface area contributed by atoms with Gasteiger partial charge in [-0.05, 0) is 17.7 Å². The van der Waals surface area contributed by atoms with Gasteiger partial charge in [-0.1, -0.05) is 11.6 Å². The first-order valence-electron chi connectivity index (χ1n) is 3.27. The third-order valence-electron chi connectivity index (χ3n) is 1.45. The highest BCUT2D eigenvalue weighted by atomic mass is 35.5. The third-order valence-corrected chi connectivity index (χ3v) is 1.90. The average molecular weight is 185 g/mol. The Balaban J connectivity index is 3.34. The molecule has 0 fully saturated rings. The maximum Gasteiger partial charge on any atom is 0.124 e. The zero-order chi connectivity index (χ0) is 9.14. The molecule has 0 bridgehead atoms. The van der Waals surface area contributed by atoms with Gasteiger partial charge in [0.1, 0.15) is 11.9 Å². The van der Waals surface area contributed by atoms with Crippen molar-refractivity contribution in [2.75, 3.05) is 0 Å². The smallest absolute Gasteiger partial charge is 0.124 e. The third kappa shape index (κ3) is 1.55. The van der Waals surface area contributed by atoms with Gasteiger partial charge in [0.15, 0.2) is 0 Å². The van der Waals surface area contributed by atoms with Gasteiger partial charge in [-0.25, -0.2) is 4.39 Å². The normalized spacial score (nSPS) is 9.50. The van der Waals surface area contributed by atoms with Crippen LogP contribution in [0.3, 0.4) is 0 Å². The van der Waals surface area contributed by atoms with Gasteiger partial charge in [-0.2, -0.15) is 5.26 Å². The second-order valence-corrected chi connectivity index (χ2v) is 2.62. The van der Waals surface area contributed by atoms with E-state index in [1.54, 1.807) is 6.07 Å². The molecule has 1 aromatic carbocycles. The van der Waals surface area contributed by atoms with Crippen molar-refractivity contribution in [2.45, 2.75) is 6.54 Å². The lowest BCUT2D eigenvalue weighted by atomic mass is 10.1. The lowest BCUT2D eigenvalue weighted by Gasteiger charge is -2.01. The zero-order valence-corrected chi connectivity index (χ0v) is 6.90. The first kappa shape index (κ1) is 8.98. The minimum Gasteiger partial charge on any atom is -0.326 e. The molecule has 2 N–H and O–H groups in total. The van der Waals surface area contributed by atoms with Gasteiger partial charge >= 0.3 is 0 Å². The van der Waals surface area contributed by atoms with Crippen LogP contribution in [0.2, 0.25) is 5.02 Å². The summed E-state index contributed by atoms with van der Waals surface area (Å²) in [5.74, 6) is -0.489. The molecule has 1 rings (SSSR count). The molecule has 0 aromatic heterocycles. The van der Waals surface area contributed by atoms with Crippen LogP contribution in [0.5, 0.6) is 0 Å². The molecule has 0 aliphatic heterocycles. The molecule has 0 spiro atoms. The number of rotatable bonds is 1. The zero-order valence-electron chi connectivity index (χ0n) is 6.14. The highest BCUT2D eigenvalue weighted by Crippen LogP contribution is 2.21. The first-order chi connectivity index (χ1) is 5.69. The predicted octanol–water partition coefficient (Wildman–Crippen LogP) is 1.81. The lowest BCUT2D eigenvalue weighted by Crippen LogP contribution is -1.99. The van der Waals surface area contributed by atoms with Crippen molar-refractivity contribution in [3.8, 4) is 6.07 Å². The van der Waals surface area contributed by atoms with E-state index in [9.17, 15) is 4.39 Å². The fraction of sp³-hybridized carbons (Fsp3) is 0.125. The number of halogens is 2. The van der Waals surface area contributed by atoms with Crippen molar-refractivity contribution in [3.05, 3.63) is 34.1 Å². The Morgan fingerprint density at radius 2 is 2.25 bits per heavy atom. The minimum atomic E-state index is -0.489. The van der Waals surface area contributed by atoms with Crippen LogP contribution in [0, 0.1) is 17.1 Å². The Morgan fingerprint density at radius 3 is 2.75 bits per heavy atom. The number of benzene rings is 1. The van der Waals surface area contributed by atoms with Crippen molar-refractivity contribution in [1.82, 2.24) is 0 Å². The number of nitrogens with two attached hydrogens (primary N) is 1. The monoisotopic (exact) mass is 184 g/mol. The fourth-order valence-corrected chi connectivity index (χ4v) is 1.10. The predicted molar refractivity (Wildman–Crippen MR) is 44.0 cm³/mol. The van der Waals surface area contributed by atoms with Crippen LogP contribution in [-0.4, -0.2) is 0 Å². The lowest BCUT2D eigenvalue weighted by molar-refractivity contribution is 0.625. The van der Waals surface area contributed by atoms with E-state index < -0.39 is 5.82 Å². The first-order valence-corrected chi connectivity index (χ1v) is 3.65. The molecule has 0 saturated heterocycles. The second-order valence-electron chi connectivity index (χ2n) is 2.24. The Labute approximate surface area is 74.4 Å². The van der Waals surface area contributed by atoms with E-state index >= 15 is 0 Å². The minimum absolute atomic E-state index is 0.122. The van der Waals surface area contributed by atoms with Crippen molar-refractivity contribution in [1.29, 1.82) is 5.26 Å². The molecule has 4 heteroatoms. The van der Waals surface area contributed by atoms with Gasteiger partial charge in [-0.3, -0.25) is 0 Å². The van der Waals surface area contributed by atoms with Gasteiger partial charge < -0.3 is 5.73 Å². The summed E-state index contributed by atoms with van der Waals surface area (Å²) in [5.41, 5.74) is 5.86. The van der Waals surface area contributed by atoms with Crippen molar-refractivity contribution in [3.63, 3.8) is 0 Å². The fourth-order valence-electron chi connectivity index (χ4n) is 0.876. The summed E-state index contributed by atoms with van der Waals surface area (Å²) in [7, 11) is 0. The highest BCUT2D eigenvalue weighted by molar-refractivity contribution is 6.32. The van der Waals surface area contributed by atoms with Gasteiger partial charge in [0.2, 0.25) is 0 Å². The van der Waals surface area contributed by atoms with Gasteiger partial charge in [-0.15, -0.1) is 0 Å². The Hall–Kier alpha value is -1.11. The standard InChI is InChI=1S/C8H6ClFN2/c9-8-5(3-11)1-7(10)2-6(8)4-12/h1-2H,3,11H2. The largest absolute Gasteiger partial charge is 0.326 e. The van der Waals surface area contributed by atoms with Crippen LogP contribution < -0.4 is 5.73 Å². The summed E-state index contributed by atoms with van der Waals surface area (Å²) < 4.78 is 12.7. The quantitative estimate of drug-likeness (QED) is 0.724. The summed E-state index contributed by atoms with van der Waals surface area (Å²) >= 11 is 5.71. The average Bonchev–Trinajstić information content (AvgIpc) is 2.08. The molecular weight excluding hydrogens is 179 g/mol. The molecule has 0 heterocycles. The molecule has 0 amide bonds. The van der Waals surface area contributed by atoms with E-state index in [2.05, 4.69) is 0 Å². The van der Waals surface area contributed by atoms with Gasteiger partial charge in [0.05, 0.1) is 10.6 Å². The van der Waals surface area contributed by atoms with Crippen molar-refractivity contribution < 1.29 is 4.39 Å². The Kier molecular flexibility index (Phi) is 2.64. The van der Waals surface area contributed by atoms with Crippen LogP contribution in [-0.2, 0) is 6.54 Å². The van der Waals surface area contributed by atoms with Crippen LogP contribution in [0.15, 0.2) is 12.1 Å². The summed E-state index contributed by atoms with van der Waals surface area (Å²) in [5, 5.41) is 8.76. The van der Waals surface area contributed by atoms with Crippen LogP contribution >= 0.6 is 11.6 Å². The van der Waals surface area contributed by atoms with Crippen LogP contribution in [0.25, 0.3) is 0 Å². The topological polar surface area (TPSA) is 49.8 Å². The van der Waals surface area contributed by atoms with E-state index in [0.717, 1.165) is 6.07 Å². The molecule has 0 unspecified atom stereocenters. The molecule has 62 valence electrons. The molecule has 0 radical (unpaired) electrons.